The van der Waals surface area contributed by atoms with E-state index < -0.39 is 0 Å². The third kappa shape index (κ3) is 6.17. The molecule has 1 fully saturated rings. The molecular weight excluding hydrogens is 292 g/mol. The van der Waals surface area contributed by atoms with E-state index in [1.54, 1.807) is 0 Å². The van der Waals surface area contributed by atoms with Crippen LogP contribution in [0.1, 0.15) is 44.3 Å². The van der Waals surface area contributed by atoms with Gasteiger partial charge in [0.2, 0.25) is 5.89 Å². The second-order valence-electron chi connectivity index (χ2n) is 6.10. The molecule has 2 N–H and O–H groups in total. The van der Waals surface area contributed by atoms with Crippen molar-refractivity contribution in [1.82, 2.24) is 25.7 Å². The van der Waals surface area contributed by atoms with Crippen LogP contribution in [0.15, 0.2) is 9.52 Å². The van der Waals surface area contributed by atoms with E-state index in [1.807, 2.05) is 14.0 Å². The number of hydrogen-bond donors (Lipinski definition) is 2. The van der Waals surface area contributed by atoms with E-state index in [1.165, 1.54) is 38.9 Å². The zero-order valence-corrected chi connectivity index (χ0v) is 14.6. The first-order valence-corrected chi connectivity index (χ1v) is 8.70. The van der Waals surface area contributed by atoms with Crippen molar-refractivity contribution in [2.75, 3.05) is 33.2 Å². The standard InChI is InChI=1S/C16H30N6O/c1-4-10-22-11-7-14(8-12-22)20-16(17-3)18-9-5-6-15-19-13(2)21-23-15/h14H,4-12H2,1-3H3,(H2,17,18,20). The van der Waals surface area contributed by atoms with E-state index in [-0.39, 0.29) is 0 Å². The monoisotopic (exact) mass is 322 g/mol. The molecule has 1 aromatic rings. The van der Waals surface area contributed by atoms with E-state index >= 15 is 0 Å². The maximum absolute atomic E-state index is 5.11. The van der Waals surface area contributed by atoms with Crippen LogP contribution in [-0.4, -0.2) is 60.3 Å². The summed E-state index contributed by atoms with van der Waals surface area (Å²) in [6.45, 7) is 8.50. The molecule has 1 aliphatic rings. The van der Waals surface area contributed by atoms with Crippen molar-refractivity contribution in [2.45, 2.75) is 52.0 Å². The number of nitrogens with zero attached hydrogens (tertiary/aromatic N) is 4. The van der Waals surface area contributed by atoms with Crippen LogP contribution in [0.5, 0.6) is 0 Å². The molecule has 0 radical (unpaired) electrons. The summed E-state index contributed by atoms with van der Waals surface area (Å²) in [5, 5.41) is 10.7. The van der Waals surface area contributed by atoms with Crippen LogP contribution in [-0.2, 0) is 6.42 Å². The summed E-state index contributed by atoms with van der Waals surface area (Å²) >= 11 is 0. The zero-order chi connectivity index (χ0) is 16.5. The van der Waals surface area contributed by atoms with Gasteiger partial charge in [0, 0.05) is 39.1 Å². The van der Waals surface area contributed by atoms with Gasteiger partial charge in [0.05, 0.1) is 0 Å². The van der Waals surface area contributed by atoms with Crippen molar-refractivity contribution in [3.8, 4) is 0 Å². The summed E-state index contributed by atoms with van der Waals surface area (Å²) in [5.41, 5.74) is 0. The third-order valence-electron chi connectivity index (χ3n) is 4.12. The summed E-state index contributed by atoms with van der Waals surface area (Å²) in [6, 6.07) is 0.521. The number of aromatic nitrogens is 2. The molecule has 0 bridgehead atoms. The molecule has 1 saturated heterocycles. The van der Waals surface area contributed by atoms with E-state index in [0.29, 0.717) is 17.8 Å². The molecule has 1 aromatic heterocycles. The highest BCUT2D eigenvalue weighted by Gasteiger charge is 2.19. The van der Waals surface area contributed by atoms with Crippen LogP contribution in [0.2, 0.25) is 0 Å². The summed E-state index contributed by atoms with van der Waals surface area (Å²) in [6.07, 6.45) is 5.34. The lowest BCUT2D eigenvalue weighted by Crippen LogP contribution is -2.48. The van der Waals surface area contributed by atoms with Gasteiger partial charge in [-0.05, 0) is 39.2 Å². The SMILES string of the molecule is CCCN1CCC(NC(=NC)NCCCc2nc(C)no2)CC1. The summed E-state index contributed by atoms with van der Waals surface area (Å²) in [7, 11) is 1.82. The van der Waals surface area contributed by atoms with Gasteiger partial charge in [-0.25, -0.2) is 0 Å². The minimum absolute atomic E-state index is 0.521. The van der Waals surface area contributed by atoms with Crippen LogP contribution in [0.3, 0.4) is 0 Å². The molecule has 0 aromatic carbocycles. The van der Waals surface area contributed by atoms with Crippen molar-refractivity contribution < 1.29 is 4.52 Å². The summed E-state index contributed by atoms with van der Waals surface area (Å²) < 4.78 is 5.11. The van der Waals surface area contributed by atoms with Crippen molar-refractivity contribution in [3.63, 3.8) is 0 Å². The van der Waals surface area contributed by atoms with Crippen LogP contribution in [0.4, 0.5) is 0 Å². The average molecular weight is 322 g/mol. The van der Waals surface area contributed by atoms with Gasteiger partial charge in [0.1, 0.15) is 0 Å². The molecule has 1 aliphatic heterocycles. The third-order valence-corrected chi connectivity index (χ3v) is 4.12. The van der Waals surface area contributed by atoms with Gasteiger partial charge in [0.25, 0.3) is 0 Å². The minimum Gasteiger partial charge on any atom is -0.356 e. The molecule has 2 rings (SSSR count). The molecule has 130 valence electrons. The summed E-state index contributed by atoms with van der Waals surface area (Å²) in [4.78, 5) is 11.1. The van der Waals surface area contributed by atoms with Gasteiger partial charge < -0.3 is 20.1 Å². The molecule has 7 nitrogen and oxygen atoms in total. The van der Waals surface area contributed by atoms with E-state index in [0.717, 1.165) is 25.3 Å². The lowest BCUT2D eigenvalue weighted by atomic mass is 10.1. The fourth-order valence-corrected chi connectivity index (χ4v) is 2.89. The molecule has 0 unspecified atom stereocenters. The highest BCUT2D eigenvalue weighted by molar-refractivity contribution is 5.79. The van der Waals surface area contributed by atoms with Crippen LogP contribution in [0.25, 0.3) is 0 Å². The Labute approximate surface area is 138 Å². The molecule has 7 heteroatoms. The van der Waals surface area contributed by atoms with Gasteiger partial charge in [-0.15, -0.1) is 0 Å². The Morgan fingerprint density at radius 1 is 1.39 bits per heavy atom. The van der Waals surface area contributed by atoms with E-state index in [4.69, 9.17) is 4.52 Å². The molecular formula is C16H30N6O. The fourth-order valence-electron chi connectivity index (χ4n) is 2.89. The predicted molar refractivity (Wildman–Crippen MR) is 91.6 cm³/mol. The van der Waals surface area contributed by atoms with Gasteiger partial charge in [-0.1, -0.05) is 12.1 Å². The second kappa shape index (κ2) is 9.50. The lowest BCUT2D eigenvalue weighted by Gasteiger charge is -2.32. The number of aryl methyl sites for hydroxylation is 2. The Balaban J connectivity index is 1.62. The van der Waals surface area contributed by atoms with E-state index in [9.17, 15) is 0 Å². The Morgan fingerprint density at radius 3 is 2.78 bits per heavy atom. The van der Waals surface area contributed by atoms with Crippen LogP contribution < -0.4 is 10.6 Å². The highest BCUT2D eigenvalue weighted by atomic mass is 16.5. The van der Waals surface area contributed by atoms with Gasteiger partial charge in [0.15, 0.2) is 11.8 Å². The largest absolute Gasteiger partial charge is 0.356 e. The Hall–Kier alpha value is -1.63. The number of nitrogens with one attached hydrogen (secondary N) is 2. The molecule has 0 spiro atoms. The predicted octanol–water partition coefficient (Wildman–Crippen LogP) is 1.35. The lowest BCUT2D eigenvalue weighted by molar-refractivity contribution is 0.206. The second-order valence-corrected chi connectivity index (χ2v) is 6.10. The Morgan fingerprint density at radius 2 is 2.17 bits per heavy atom. The first kappa shape index (κ1) is 17.7. The van der Waals surface area contributed by atoms with Gasteiger partial charge in [-0.2, -0.15) is 4.98 Å². The zero-order valence-electron chi connectivity index (χ0n) is 14.6. The number of piperidine rings is 1. The maximum Gasteiger partial charge on any atom is 0.226 e. The highest BCUT2D eigenvalue weighted by Crippen LogP contribution is 2.10. The quantitative estimate of drug-likeness (QED) is 0.448. The molecule has 2 heterocycles. The topological polar surface area (TPSA) is 78.6 Å². The average Bonchev–Trinajstić information content (AvgIpc) is 2.97. The first-order valence-electron chi connectivity index (χ1n) is 8.70. The van der Waals surface area contributed by atoms with Crippen molar-refractivity contribution in [1.29, 1.82) is 0 Å². The van der Waals surface area contributed by atoms with Crippen molar-refractivity contribution in [2.24, 2.45) is 4.99 Å². The number of likely N-dealkylation sites (tertiary alicyclic amines) is 1. The van der Waals surface area contributed by atoms with Crippen LogP contribution >= 0.6 is 0 Å². The minimum atomic E-state index is 0.521. The van der Waals surface area contributed by atoms with E-state index in [2.05, 4.69) is 37.6 Å². The molecule has 23 heavy (non-hydrogen) atoms. The van der Waals surface area contributed by atoms with Gasteiger partial charge >= 0.3 is 0 Å². The summed E-state index contributed by atoms with van der Waals surface area (Å²) in [5.74, 6) is 2.29. The number of hydrogen-bond acceptors (Lipinski definition) is 5. The molecule has 0 atom stereocenters. The number of rotatable bonds is 7. The smallest absolute Gasteiger partial charge is 0.226 e. The van der Waals surface area contributed by atoms with Gasteiger partial charge in [-0.3, -0.25) is 4.99 Å². The van der Waals surface area contributed by atoms with Crippen LogP contribution in [0, 0.1) is 6.92 Å². The molecule has 0 saturated carbocycles. The molecule has 0 amide bonds. The number of aliphatic imine (C=N–C) groups is 1. The normalized spacial score (nSPS) is 17.4. The fraction of sp³-hybridized carbons (Fsp3) is 0.812. The van der Waals surface area contributed by atoms with Crippen molar-refractivity contribution >= 4 is 5.96 Å². The first-order chi connectivity index (χ1) is 11.2. The maximum atomic E-state index is 5.11. The number of guanidine groups is 1. The Kier molecular flexibility index (Phi) is 7.32. The Bertz CT molecular complexity index is 479. The van der Waals surface area contributed by atoms with Crippen molar-refractivity contribution in [3.05, 3.63) is 11.7 Å². The molecule has 0 aliphatic carbocycles.